The van der Waals surface area contributed by atoms with Gasteiger partial charge >= 0.3 is 0 Å². The molecule has 1 aliphatic rings. The molecule has 3 rings (SSSR count). The fraction of sp³-hybridized carbons (Fsp3) is 0.444. The summed E-state index contributed by atoms with van der Waals surface area (Å²) < 4.78 is 27.2. The average molecular weight is 486 g/mol. The highest BCUT2D eigenvalue weighted by atomic mass is 79.9. The van der Waals surface area contributed by atoms with Gasteiger partial charge in [0.1, 0.15) is 5.82 Å². The van der Waals surface area contributed by atoms with Gasteiger partial charge in [-0.2, -0.15) is 4.98 Å². The Bertz CT molecular complexity index is 918. The van der Waals surface area contributed by atoms with Crippen LogP contribution >= 0.6 is 15.9 Å². The SMILES string of the molecule is O=S(=O)(NCCO)c1ccc(Nc2ncc(Br)c(N[C@H]3CC[C@H](O)CC3)n2)cc1. The number of nitrogens with one attached hydrogen (secondary N) is 3. The van der Waals surface area contributed by atoms with Crippen LogP contribution < -0.4 is 15.4 Å². The zero-order chi connectivity index (χ0) is 20.9. The molecule has 0 amide bonds. The topological polar surface area (TPSA) is 136 Å². The molecule has 1 aromatic carbocycles. The highest BCUT2D eigenvalue weighted by molar-refractivity contribution is 9.10. The predicted octanol–water partition coefficient (Wildman–Crippen LogP) is 1.97. The van der Waals surface area contributed by atoms with Crippen LogP contribution in [0.25, 0.3) is 0 Å². The van der Waals surface area contributed by atoms with E-state index in [9.17, 15) is 13.5 Å². The largest absolute Gasteiger partial charge is 0.395 e. The van der Waals surface area contributed by atoms with Crippen LogP contribution in [0.2, 0.25) is 0 Å². The maximum Gasteiger partial charge on any atom is 0.240 e. The summed E-state index contributed by atoms with van der Waals surface area (Å²) in [5.41, 5.74) is 0.639. The summed E-state index contributed by atoms with van der Waals surface area (Å²) in [5.74, 6) is 1.04. The fourth-order valence-electron chi connectivity index (χ4n) is 3.05. The van der Waals surface area contributed by atoms with E-state index in [1.165, 1.54) is 12.1 Å². The van der Waals surface area contributed by atoms with Crippen LogP contribution in [0.3, 0.4) is 0 Å². The molecule has 158 valence electrons. The van der Waals surface area contributed by atoms with E-state index in [0.717, 1.165) is 30.2 Å². The molecular formula is C18H24BrN5O4S. The Morgan fingerprint density at radius 1 is 1.14 bits per heavy atom. The molecule has 0 bridgehead atoms. The van der Waals surface area contributed by atoms with Crippen molar-refractivity contribution in [1.29, 1.82) is 0 Å². The Hall–Kier alpha value is -1.79. The van der Waals surface area contributed by atoms with Gasteiger partial charge in [0.2, 0.25) is 16.0 Å². The van der Waals surface area contributed by atoms with E-state index in [1.54, 1.807) is 18.3 Å². The second kappa shape index (κ2) is 9.81. The highest BCUT2D eigenvalue weighted by Gasteiger charge is 2.20. The zero-order valence-electron chi connectivity index (χ0n) is 15.7. The first-order valence-electron chi connectivity index (χ1n) is 9.32. The molecule has 0 spiro atoms. The molecule has 1 saturated carbocycles. The number of aliphatic hydroxyl groups excluding tert-OH is 2. The van der Waals surface area contributed by atoms with Crippen LogP contribution in [-0.4, -0.2) is 53.9 Å². The van der Waals surface area contributed by atoms with E-state index >= 15 is 0 Å². The molecule has 29 heavy (non-hydrogen) atoms. The van der Waals surface area contributed by atoms with E-state index in [0.29, 0.717) is 17.5 Å². The number of benzene rings is 1. The second-order valence-corrected chi connectivity index (χ2v) is 9.43. The summed E-state index contributed by atoms with van der Waals surface area (Å²) in [6.45, 7) is -0.303. The molecule has 2 aromatic rings. The fourth-order valence-corrected chi connectivity index (χ4v) is 4.38. The lowest BCUT2D eigenvalue weighted by Crippen LogP contribution is -2.28. The van der Waals surface area contributed by atoms with Crippen molar-refractivity contribution < 1.29 is 18.6 Å². The van der Waals surface area contributed by atoms with Gasteiger partial charge in [-0.05, 0) is 65.9 Å². The van der Waals surface area contributed by atoms with Crippen LogP contribution in [0.5, 0.6) is 0 Å². The molecular weight excluding hydrogens is 462 g/mol. The molecule has 0 aliphatic heterocycles. The molecule has 9 nitrogen and oxygen atoms in total. The van der Waals surface area contributed by atoms with Gasteiger partial charge < -0.3 is 20.8 Å². The van der Waals surface area contributed by atoms with Crippen molar-refractivity contribution in [3.63, 3.8) is 0 Å². The quantitative estimate of drug-likeness (QED) is 0.382. The van der Waals surface area contributed by atoms with E-state index < -0.39 is 10.0 Å². The number of aromatic nitrogens is 2. The number of nitrogens with zero attached hydrogens (tertiary/aromatic N) is 2. The number of aliphatic hydroxyl groups is 2. The average Bonchev–Trinajstić information content (AvgIpc) is 2.71. The molecule has 5 N–H and O–H groups in total. The Kier molecular flexibility index (Phi) is 7.41. The first-order valence-corrected chi connectivity index (χ1v) is 11.6. The molecule has 1 heterocycles. The maximum atomic E-state index is 12.1. The van der Waals surface area contributed by atoms with E-state index in [1.807, 2.05) is 0 Å². The van der Waals surface area contributed by atoms with Crippen molar-refractivity contribution in [3.05, 3.63) is 34.9 Å². The number of hydrogen-bond acceptors (Lipinski definition) is 8. The molecule has 1 fully saturated rings. The summed E-state index contributed by atoms with van der Waals surface area (Å²) in [7, 11) is -3.65. The molecule has 0 saturated heterocycles. The third-order valence-corrected chi connectivity index (χ3v) is 6.66. The third kappa shape index (κ3) is 6.09. The lowest BCUT2D eigenvalue weighted by atomic mass is 9.93. The molecule has 0 atom stereocenters. The van der Waals surface area contributed by atoms with Crippen LogP contribution in [-0.2, 0) is 10.0 Å². The van der Waals surface area contributed by atoms with Crippen molar-refractivity contribution in [2.45, 2.75) is 42.7 Å². The van der Waals surface area contributed by atoms with Crippen LogP contribution in [0.4, 0.5) is 17.5 Å². The molecule has 0 radical (unpaired) electrons. The van der Waals surface area contributed by atoms with Gasteiger partial charge in [0.15, 0.2) is 0 Å². The van der Waals surface area contributed by atoms with Crippen molar-refractivity contribution in [3.8, 4) is 0 Å². The Morgan fingerprint density at radius 3 is 2.48 bits per heavy atom. The van der Waals surface area contributed by atoms with E-state index in [4.69, 9.17) is 5.11 Å². The minimum absolute atomic E-state index is 0.0369. The van der Waals surface area contributed by atoms with Gasteiger partial charge in [-0.15, -0.1) is 0 Å². The zero-order valence-corrected chi connectivity index (χ0v) is 18.1. The summed E-state index contributed by atoms with van der Waals surface area (Å²) in [6.07, 6.45) is 4.72. The smallest absolute Gasteiger partial charge is 0.240 e. The summed E-state index contributed by atoms with van der Waals surface area (Å²) in [4.78, 5) is 8.84. The van der Waals surface area contributed by atoms with Gasteiger partial charge in [-0.1, -0.05) is 0 Å². The Morgan fingerprint density at radius 2 is 1.83 bits per heavy atom. The molecule has 0 unspecified atom stereocenters. The van der Waals surface area contributed by atoms with Crippen LogP contribution in [0, 0.1) is 0 Å². The molecule has 11 heteroatoms. The number of sulfonamides is 1. The van der Waals surface area contributed by atoms with Crippen molar-refractivity contribution in [2.75, 3.05) is 23.8 Å². The second-order valence-electron chi connectivity index (χ2n) is 6.81. The Balaban J connectivity index is 1.67. The lowest BCUT2D eigenvalue weighted by molar-refractivity contribution is 0.126. The van der Waals surface area contributed by atoms with Crippen molar-refractivity contribution in [1.82, 2.24) is 14.7 Å². The first-order chi connectivity index (χ1) is 13.9. The summed E-state index contributed by atoms with van der Waals surface area (Å²) in [5, 5.41) is 24.9. The minimum atomic E-state index is -3.65. The predicted molar refractivity (Wildman–Crippen MR) is 114 cm³/mol. The number of hydrogen-bond donors (Lipinski definition) is 5. The van der Waals surface area contributed by atoms with Gasteiger partial charge in [-0.3, -0.25) is 0 Å². The Labute approximate surface area is 178 Å². The summed E-state index contributed by atoms with van der Waals surface area (Å²) in [6, 6.07) is 6.41. The summed E-state index contributed by atoms with van der Waals surface area (Å²) >= 11 is 3.45. The van der Waals surface area contributed by atoms with Crippen molar-refractivity contribution in [2.24, 2.45) is 0 Å². The standard InChI is InChI=1S/C18H24BrN5O4S/c19-16-11-20-18(24-17(16)22-12-1-5-14(26)6-2-12)23-13-3-7-15(8-4-13)29(27,28)21-9-10-25/h3-4,7-8,11-12,14,21,25-26H,1-2,5-6,9-10H2,(H2,20,22,23,24)/t12-,14-. The highest BCUT2D eigenvalue weighted by Crippen LogP contribution is 2.27. The van der Waals surface area contributed by atoms with Crippen LogP contribution in [0.1, 0.15) is 25.7 Å². The van der Waals surface area contributed by atoms with Crippen LogP contribution in [0.15, 0.2) is 39.8 Å². The van der Waals surface area contributed by atoms with E-state index in [-0.39, 0.29) is 30.2 Å². The normalized spacial score (nSPS) is 19.7. The van der Waals surface area contributed by atoms with Gasteiger partial charge in [0.05, 0.1) is 22.1 Å². The molecule has 1 aliphatic carbocycles. The van der Waals surface area contributed by atoms with Gasteiger partial charge in [0, 0.05) is 24.5 Å². The number of rotatable bonds is 8. The maximum absolute atomic E-state index is 12.1. The van der Waals surface area contributed by atoms with Gasteiger partial charge in [0.25, 0.3) is 0 Å². The lowest BCUT2D eigenvalue weighted by Gasteiger charge is -2.27. The van der Waals surface area contributed by atoms with Gasteiger partial charge in [-0.25, -0.2) is 18.1 Å². The first kappa shape index (κ1) is 21.9. The monoisotopic (exact) mass is 485 g/mol. The minimum Gasteiger partial charge on any atom is -0.395 e. The van der Waals surface area contributed by atoms with E-state index in [2.05, 4.69) is 41.3 Å². The number of halogens is 1. The number of anilines is 3. The van der Waals surface area contributed by atoms with Crippen molar-refractivity contribution >= 4 is 43.4 Å². The third-order valence-electron chi connectivity index (χ3n) is 4.61. The molecule has 1 aromatic heterocycles.